The third-order valence-corrected chi connectivity index (χ3v) is 6.15. The number of nitrogens with one attached hydrogen (secondary N) is 1. The van der Waals surface area contributed by atoms with Gasteiger partial charge in [0.1, 0.15) is 11.5 Å². The van der Waals surface area contributed by atoms with Crippen LogP contribution in [0.1, 0.15) is 18.5 Å². The number of hydrogen-bond donors (Lipinski definition) is 1. The Kier molecular flexibility index (Phi) is 3.27. The van der Waals surface area contributed by atoms with Crippen molar-refractivity contribution in [3.8, 4) is 16.6 Å². The van der Waals surface area contributed by atoms with E-state index in [2.05, 4.69) is 14.8 Å². The second-order valence-electron chi connectivity index (χ2n) is 5.42. The van der Waals surface area contributed by atoms with E-state index in [1.54, 1.807) is 18.4 Å². The van der Waals surface area contributed by atoms with Crippen molar-refractivity contribution < 1.29 is 12.8 Å². The van der Waals surface area contributed by atoms with E-state index in [9.17, 15) is 8.42 Å². The van der Waals surface area contributed by atoms with E-state index >= 15 is 0 Å². The van der Waals surface area contributed by atoms with E-state index in [0.717, 1.165) is 0 Å². The van der Waals surface area contributed by atoms with E-state index in [1.165, 1.54) is 16.0 Å². The van der Waals surface area contributed by atoms with Crippen LogP contribution in [-0.2, 0) is 10.0 Å². The summed E-state index contributed by atoms with van der Waals surface area (Å²) >= 11 is 1.37. The SMILES string of the molecule is Cc1cc(NS(=O)(=O)C2CC2)n(-c2nc(-c3ccco3)cs2)n1. The fraction of sp³-hybridized carbons (Fsp3) is 0.286. The average molecular weight is 350 g/mol. The van der Waals surface area contributed by atoms with Crippen LogP contribution in [0.25, 0.3) is 16.6 Å². The lowest BCUT2D eigenvalue weighted by Gasteiger charge is -2.07. The minimum atomic E-state index is -3.35. The van der Waals surface area contributed by atoms with Gasteiger partial charge < -0.3 is 4.42 Å². The van der Waals surface area contributed by atoms with Crippen molar-refractivity contribution >= 4 is 27.2 Å². The molecular formula is C14H14N4O3S2. The van der Waals surface area contributed by atoms with Crippen molar-refractivity contribution in [2.24, 2.45) is 0 Å². The van der Waals surface area contributed by atoms with Gasteiger partial charge in [-0.15, -0.1) is 11.3 Å². The Balaban J connectivity index is 1.69. The molecule has 0 unspecified atom stereocenters. The van der Waals surface area contributed by atoms with Gasteiger partial charge in [-0.2, -0.15) is 9.78 Å². The summed E-state index contributed by atoms with van der Waals surface area (Å²) in [6.45, 7) is 1.81. The van der Waals surface area contributed by atoms with Gasteiger partial charge in [0.05, 0.1) is 17.2 Å². The fourth-order valence-corrected chi connectivity index (χ4v) is 4.36. The molecule has 0 amide bonds. The molecule has 1 aliphatic carbocycles. The molecular weight excluding hydrogens is 336 g/mol. The molecule has 4 rings (SSSR count). The van der Waals surface area contributed by atoms with Crippen LogP contribution in [0.3, 0.4) is 0 Å². The molecule has 1 N–H and O–H groups in total. The summed E-state index contributed by atoms with van der Waals surface area (Å²) in [5, 5.41) is 6.49. The van der Waals surface area contributed by atoms with E-state index in [4.69, 9.17) is 4.42 Å². The number of furan rings is 1. The summed E-state index contributed by atoms with van der Waals surface area (Å²) in [5.74, 6) is 1.08. The van der Waals surface area contributed by atoms with E-state index < -0.39 is 10.0 Å². The number of aromatic nitrogens is 3. The molecule has 1 saturated carbocycles. The lowest BCUT2D eigenvalue weighted by atomic mass is 10.4. The summed E-state index contributed by atoms with van der Waals surface area (Å²) < 4.78 is 33.8. The van der Waals surface area contributed by atoms with Crippen LogP contribution >= 0.6 is 11.3 Å². The number of aryl methyl sites for hydroxylation is 1. The second kappa shape index (κ2) is 5.20. The Morgan fingerprint density at radius 3 is 2.96 bits per heavy atom. The molecule has 3 aromatic rings. The molecule has 1 aliphatic rings. The highest BCUT2D eigenvalue weighted by molar-refractivity contribution is 7.93. The van der Waals surface area contributed by atoms with Crippen molar-refractivity contribution in [1.29, 1.82) is 0 Å². The highest BCUT2D eigenvalue weighted by Crippen LogP contribution is 2.31. The molecule has 23 heavy (non-hydrogen) atoms. The molecule has 3 aromatic heterocycles. The number of rotatable bonds is 5. The molecule has 0 atom stereocenters. The summed E-state index contributed by atoms with van der Waals surface area (Å²) in [7, 11) is -3.35. The Morgan fingerprint density at radius 1 is 1.43 bits per heavy atom. The molecule has 0 bridgehead atoms. The van der Waals surface area contributed by atoms with E-state index in [0.29, 0.717) is 40.9 Å². The van der Waals surface area contributed by atoms with Crippen molar-refractivity contribution in [3.05, 3.63) is 35.5 Å². The van der Waals surface area contributed by atoms with Crippen LogP contribution in [-0.4, -0.2) is 28.4 Å². The maximum atomic E-state index is 12.2. The molecule has 120 valence electrons. The Labute approximate surface area is 137 Å². The third kappa shape index (κ3) is 2.77. The zero-order chi connectivity index (χ0) is 16.0. The van der Waals surface area contributed by atoms with Gasteiger partial charge in [-0.3, -0.25) is 4.72 Å². The number of thiazole rings is 1. The monoisotopic (exact) mass is 350 g/mol. The standard InChI is InChI=1S/C14H14N4O3S2/c1-9-7-13(17-23(19,20)10-4-5-10)18(16-9)14-15-11(8-22-14)12-3-2-6-21-12/h2-3,6-8,10,17H,4-5H2,1H3. The maximum Gasteiger partial charge on any atom is 0.236 e. The number of sulfonamides is 1. The van der Waals surface area contributed by atoms with E-state index in [-0.39, 0.29) is 5.25 Å². The van der Waals surface area contributed by atoms with Gasteiger partial charge in [0.25, 0.3) is 0 Å². The minimum absolute atomic E-state index is 0.291. The van der Waals surface area contributed by atoms with Crippen molar-refractivity contribution in [2.45, 2.75) is 25.0 Å². The van der Waals surface area contributed by atoms with Crippen LogP contribution < -0.4 is 4.72 Å². The first kappa shape index (κ1) is 14.5. The first-order valence-corrected chi connectivity index (χ1v) is 9.53. The molecule has 3 heterocycles. The third-order valence-electron chi connectivity index (χ3n) is 3.49. The zero-order valence-corrected chi connectivity index (χ0v) is 13.9. The molecule has 0 radical (unpaired) electrons. The number of hydrogen-bond acceptors (Lipinski definition) is 6. The van der Waals surface area contributed by atoms with Gasteiger partial charge in [-0.25, -0.2) is 13.4 Å². The van der Waals surface area contributed by atoms with Crippen LogP contribution in [0.15, 0.2) is 34.3 Å². The van der Waals surface area contributed by atoms with Crippen molar-refractivity contribution in [2.75, 3.05) is 4.72 Å². The quantitative estimate of drug-likeness (QED) is 0.764. The second-order valence-corrected chi connectivity index (χ2v) is 8.22. The number of anilines is 1. The summed E-state index contributed by atoms with van der Waals surface area (Å²) in [5.41, 5.74) is 1.41. The predicted octanol–water partition coefficient (Wildman–Crippen LogP) is 2.80. The van der Waals surface area contributed by atoms with E-state index in [1.807, 2.05) is 18.4 Å². The maximum absolute atomic E-state index is 12.2. The lowest BCUT2D eigenvalue weighted by Crippen LogP contribution is -2.19. The van der Waals surface area contributed by atoms with Gasteiger partial charge in [-0.05, 0) is 31.9 Å². The molecule has 7 nitrogen and oxygen atoms in total. The highest BCUT2D eigenvalue weighted by atomic mass is 32.2. The van der Waals surface area contributed by atoms with Crippen LogP contribution in [0.5, 0.6) is 0 Å². The molecule has 0 aliphatic heterocycles. The van der Waals surface area contributed by atoms with Gasteiger partial charge in [0.15, 0.2) is 5.76 Å². The first-order valence-electron chi connectivity index (χ1n) is 7.11. The van der Waals surface area contributed by atoms with Gasteiger partial charge >= 0.3 is 0 Å². The van der Waals surface area contributed by atoms with Crippen molar-refractivity contribution in [1.82, 2.24) is 14.8 Å². The summed E-state index contributed by atoms with van der Waals surface area (Å²) in [6.07, 6.45) is 3.01. The predicted molar refractivity (Wildman–Crippen MR) is 87.2 cm³/mol. The average Bonchev–Trinajstić information content (AvgIpc) is 2.91. The summed E-state index contributed by atoms with van der Waals surface area (Å²) in [4.78, 5) is 4.48. The molecule has 0 saturated heterocycles. The normalized spacial score (nSPS) is 15.0. The summed E-state index contributed by atoms with van der Waals surface area (Å²) in [6, 6.07) is 5.32. The fourth-order valence-electron chi connectivity index (χ4n) is 2.22. The Bertz CT molecular complexity index is 937. The van der Waals surface area contributed by atoms with Gasteiger partial charge in [0, 0.05) is 11.4 Å². The minimum Gasteiger partial charge on any atom is -0.463 e. The van der Waals surface area contributed by atoms with Gasteiger partial charge in [0.2, 0.25) is 15.2 Å². The van der Waals surface area contributed by atoms with Crippen LogP contribution in [0, 0.1) is 6.92 Å². The number of nitrogens with zero attached hydrogens (tertiary/aromatic N) is 3. The molecule has 1 fully saturated rings. The Hall–Kier alpha value is -2.13. The Morgan fingerprint density at radius 2 is 2.26 bits per heavy atom. The lowest BCUT2D eigenvalue weighted by molar-refractivity contribution is 0.580. The topological polar surface area (TPSA) is 90.0 Å². The van der Waals surface area contributed by atoms with Crippen molar-refractivity contribution in [3.63, 3.8) is 0 Å². The highest BCUT2D eigenvalue weighted by Gasteiger charge is 2.36. The van der Waals surface area contributed by atoms with Gasteiger partial charge in [-0.1, -0.05) is 0 Å². The van der Waals surface area contributed by atoms with Crippen LogP contribution in [0.2, 0.25) is 0 Å². The first-order chi connectivity index (χ1) is 11.0. The smallest absolute Gasteiger partial charge is 0.236 e. The molecule has 0 aromatic carbocycles. The van der Waals surface area contributed by atoms with Crippen LogP contribution in [0.4, 0.5) is 5.82 Å². The zero-order valence-electron chi connectivity index (χ0n) is 12.3. The largest absolute Gasteiger partial charge is 0.463 e. The molecule has 9 heteroatoms. The molecule has 0 spiro atoms.